The molecule has 0 aromatic rings. The third kappa shape index (κ3) is 61.7. The third-order valence-electron chi connectivity index (χ3n) is 14.5. The summed E-state index contributed by atoms with van der Waals surface area (Å²) in [5.74, 6) is -0.865. The Bertz CT molecular complexity index is 1400. The highest BCUT2D eigenvalue weighted by atomic mass is 16.6. The van der Waals surface area contributed by atoms with Gasteiger partial charge in [0.05, 0.1) is 0 Å². The molecule has 0 amide bonds. The van der Waals surface area contributed by atoms with Crippen molar-refractivity contribution in [2.45, 2.75) is 341 Å². The van der Waals surface area contributed by atoms with Crippen LogP contribution in [0.5, 0.6) is 0 Å². The highest BCUT2D eigenvalue weighted by Gasteiger charge is 2.19. The van der Waals surface area contributed by atoms with Crippen LogP contribution in [0.2, 0.25) is 0 Å². The summed E-state index contributed by atoms with van der Waals surface area (Å²) in [6, 6.07) is 0. The van der Waals surface area contributed by atoms with Crippen LogP contribution in [0.4, 0.5) is 0 Å². The standard InChI is InChI=1S/C70H124O6/c1-4-7-10-13-16-19-22-24-26-28-30-32-33-34-35-36-37-39-40-42-44-46-48-51-54-57-60-63-69(72)75-66-67(65-74-68(71)62-59-56-53-50-21-18-15-12-9-6-3)76-70(73)64-61-58-55-52-49-47-45-43-41-38-31-29-27-25-23-20-17-14-11-8-5-2/h7,10,16,19,24,26,30,32,34-35,37,39,67H,4-6,8-9,11-15,17-18,20-23,25,27-29,31,33,36,38,40-66H2,1-3H3/b10-7-,19-16-,26-24-,32-30-,35-34-,39-37-. The van der Waals surface area contributed by atoms with Gasteiger partial charge in [-0.1, -0.05) is 318 Å². The molecular weight excluding hydrogens is 937 g/mol. The van der Waals surface area contributed by atoms with E-state index in [1.807, 2.05) is 0 Å². The van der Waals surface area contributed by atoms with Crippen molar-refractivity contribution in [3.8, 4) is 0 Å². The van der Waals surface area contributed by atoms with E-state index in [0.29, 0.717) is 19.3 Å². The zero-order valence-electron chi connectivity index (χ0n) is 50.5. The van der Waals surface area contributed by atoms with Crippen molar-refractivity contribution in [2.75, 3.05) is 13.2 Å². The minimum Gasteiger partial charge on any atom is -0.462 e. The Morgan fingerprint density at radius 2 is 0.513 bits per heavy atom. The van der Waals surface area contributed by atoms with Gasteiger partial charge in [-0.2, -0.15) is 0 Å². The van der Waals surface area contributed by atoms with E-state index < -0.39 is 6.10 Å². The van der Waals surface area contributed by atoms with Crippen LogP contribution in [-0.2, 0) is 28.6 Å². The van der Waals surface area contributed by atoms with Crippen molar-refractivity contribution in [2.24, 2.45) is 0 Å². The van der Waals surface area contributed by atoms with Crippen molar-refractivity contribution in [3.05, 3.63) is 72.9 Å². The highest BCUT2D eigenvalue weighted by Crippen LogP contribution is 2.17. The summed E-state index contributed by atoms with van der Waals surface area (Å²) in [6.45, 7) is 6.55. The largest absolute Gasteiger partial charge is 0.462 e. The average Bonchev–Trinajstić information content (AvgIpc) is 3.42. The zero-order chi connectivity index (χ0) is 55.0. The fourth-order valence-corrected chi connectivity index (χ4v) is 9.57. The first-order chi connectivity index (χ1) is 37.5. The number of ether oxygens (including phenoxy) is 3. The number of allylic oxidation sites excluding steroid dienone is 12. The predicted molar refractivity (Wildman–Crippen MR) is 330 cm³/mol. The number of hydrogen-bond donors (Lipinski definition) is 0. The molecule has 0 fully saturated rings. The molecule has 0 spiro atoms. The number of esters is 3. The lowest BCUT2D eigenvalue weighted by molar-refractivity contribution is -0.167. The molecule has 1 atom stereocenters. The van der Waals surface area contributed by atoms with Crippen molar-refractivity contribution in [1.29, 1.82) is 0 Å². The summed E-state index contributed by atoms with van der Waals surface area (Å²) in [5.41, 5.74) is 0. The predicted octanol–water partition coefficient (Wildman–Crippen LogP) is 22.5. The Morgan fingerprint density at radius 1 is 0.276 bits per heavy atom. The number of hydrogen-bond acceptors (Lipinski definition) is 6. The van der Waals surface area contributed by atoms with Crippen molar-refractivity contribution < 1.29 is 28.6 Å². The van der Waals surface area contributed by atoms with Crippen LogP contribution >= 0.6 is 0 Å². The van der Waals surface area contributed by atoms with Gasteiger partial charge in [0.15, 0.2) is 6.10 Å². The molecule has 6 heteroatoms. The molecular formula is C70H124O6. The fraction of sp³-hybridized carbons (Fsp3) is 0.786. The summed E-state index contributed by atoms with van der Waals surface area (Å²) in [5, 5.41) is 0. The van der Waals surface area contributed by atoms with Gasteiger partial charge in [-0.15, -0.1) is 0 Å². The Morgan fingerprint density at radius 3 is 0.803 bits per heavy atom. The Balaban J connectivity index is 4.23. The molecule has 0 N–H and O–H groups in total. The number of unbranched alkanes of at least 4 members (excludes halogenated alkanes) is 37. The molecule has 0 aromatic carbocycles. The van der Waals surface area contributed by atoms with E-state index in [1.165, 1.54) is 193 Å². The van der Waals surface area contributed by atoms with E-state index in [9.17, 15) is 14.4 Å². The number of carbonyl (C=O) groups is 3. The van der Waals surface area contributed by atoms with Gasteiger partial charge in [-0.05, 0) is 70.6 Å². The van der Waals surface area contributed by atoms with Crippen LogP contribution in [0.25, 0.3) is 0 Å². The summed E-state index contributed by atoms with van der Waals surface area (Å²) < 4.78 is 16.9. The molecule has 0 aliphatic heterocycles. The normalized spacial score (nSPS) is 12.5. The molecule has 0 rings (SSSR count). The fourth-order valence-electron chi connectivity index (χ4n) is 9.57. The first-order valence-corrected chi connectivity index (χ1v) is 32.9. The summed E-state index contributed by atoms with van der Waals surface area (Å²) in [6.07, 6.45) is 83.5. The van der Waals surface area contributed by atoms with Crippen LogP contribution in [0, 0.1) is 0 Å². The first kappa shape index (κ1) is 72.8. The molecule has 0 radical (unpaired) electrons. The lowest BCUT2D eigenvalue weighted by Gasteiger charge is -2.18. The summed E-state index contributed by atoms with van der Waals surface area (Å²) >= 11 is 0. The minimum atomic E-state index is -0.776. The summed E-state index contributed by atoms with van der Waals surface area (Å²) in [4.78, 5) is 38.3. The molecule has 0 aliphatic carbocycles. The molecule has 1 unspecified atom stereocenters. The Labute approximate surface area is 472 Å². The van der Waals surface area contributed by atoms with E-state index in [4.69, 9.17) is 14.2 Å². The monoisotopic (exact) mass is 1060 g/mol. The van der Waals surface area contributed by atoms with Crippen molar-refractivity contribution in [1.82, 2.24) is 0 Å². The second-order valence-electron chi connectivity index (χ2n) is 22.0. The van der Waals surface area contributed by atoms with Gasteiger partial charge >= 0.3 is 17.9 Å². The molecule has 0 bridgehead atoms. The second kappa shape index (κ2) is 64.4. The molecule has 0 aromatic heterocycles. The van der Waals surface area contributed by atoms with Crippen LogP contribution in [0.3, 0.4) is 0 Å². The molecule has 6 nitrogen and oxygen atoms in total. The topological polar surface area (TPSA) is 78.9 Å². The van der Waals surface area contributed by atoms with Gasteiger partial charge in [0.2, 0.25) is 0 Å². The van der Waals surface area contributed by atoms with Crippen molar-refractivity contribution >= 4 is 17.9 Å². The molecule has 0 saturated carbocycles. The molecule has 0 heterocycles. The third-order valence-corrected chi connectivity index (χ3v) is 14.5. The summed E-state index contributed by atoms with van der Waals surface area (Å²) in [7, 11) is 0. The number of rotatable bonds is 60. The molecule has 440 valence electrons. The van der Waals surface area contributed by atoms with Crippen LogP contribution < -0.4 is 0 Å². The van der Waals surface area contributed by atoms with Gasteiger partial charge < -0.3 is 14.2 Å². The maximum absolute atomic E-state index is 12.9. The second-order valence-corrected chi connectivity index (χ2v) is 22.0. The smallest absolute Gasteiger partial charge is 0.306 e. The van der Waals surface area contributed by atoms with Gasteiger partial charge in [-0.3, -0.25) is 14.4 Å². The minimum absolute atomic E-state index is 0.0731. The van der Waals surface area contributed by atoms with Crippen LogP contribution in [0.1, 0.15) is 335 Å². The van der Waals surface area contributed by atoms with Crippen molar-refractivity contribution in [3.63, 3.8) is 0 Å². The van der Waals surface area contributed by atoms with Crippen LogP contribution in [-0.4, -0.2) is 37.2 Å². The maximum Gasteiger partial charge on any atom is 0.306 e. The maximum atomic E-state index is 12.9. The van der Waals surface area contributed by atoms with Gasteiger partial charge in [-0.25, -0.2) is 0 Å². The van der Waals surface area contributed by atoms with E-state index in [-0.39, 0.29) is 31.1 Å². The van der Waals surface area contributed by atoms with Crippen LogP contribution in [0.15, 0.2) is 72.9 Å². The van der Waals surface area contributed by atoms with E-state index in [1.54, 1.807) is 0 Å². The Hall–Kier alpha value is -3.15. The van der Waals surface area contributed by atoms with E-state index >= 15 is 0 Å². The van der Waals surface area contributed by atoms with E-state index in [0.717, 1.165) is 103 Å². The lowest BCUT2D eigenvalue weighted by atomic mass is 10.0. The number of carbonyl (C=O) groups excluding carboxylic acids is 3. The first-order valence-electron chi connectivity index (χ1n) is 32.9. The highest BCUT2D eigenvalue weighted by molar-refractivity contribution is 5.71. The molecule has 0 saturated heterocycles. The Kier molecular flexibility index (Phi) is 61.7. The van der Waals surface area contributed by atoms with Gasteiger partial charge in [0, 0.05) is 19.3 Å². The van der Waals surface area contributed by atoms with Gasteiger partial charge in [0.25, 0.3) is 0 Å². The molecule has 0 aliphatic rings. The van der Waals surface area contributed by atoms with E-state index in [2.05, 4.69) is 93.7 Å². The quantitative estimate of drug-likeness (QED) is 0.0261. The molecule has 76 heavy (non-hydrogen) atoms. The van der Waals surface area contributed by atoms with Gasteiger partial charge in [0.1, 0.15) is 13.2 Å². The zero-order valence-corrected chi connectivity index (χ0v) is 50.5. The average molecular weight is 1060 g/mol. The lowest BCUT2D eigenvalue weighted by Crippen LogP contribution is -2.30. The SMILES string of the molecule is CC/C=C\C/C=C\C/C=C\C/C=C\C/C=C\C/C=C\CCCCCCCCCCC(=O)OCC(COC(=O)CCCCCCCCCCCC)OC(=O)CCCCCCCCCCCCCCCCCCCCCCC.